The number of aromatic nitrogens is 2. The van der Waals surface area contributed by atoms with E-state index in [1.54, 1.807) is 22.7 Å². The largest absolute Gasteiger partial charge is 0.239 e. The average Bonchev–Trinajstić information content (AvgIpc) is 3.01. The molecule has 0 spiro atoms. The first-order valence-electron chi connectivity index (χ1n) is 6.84. The number of thiazole rings is 2. The SMILES string of the molecule is CCCCc1csc(-c2nc(CCCC)c(I)s2)n1. The van der Waals surface area contributed by atoms with Crippen LogP contribution in [-0.4, -0.2) is 9.97 Å². The maximum Gasteiger partial charge on any atom is 0.153 e. The van der Waals surface area contributed by atoms with Crippen LogP contribution in [0.25, 0.3) is 10.0 Å². The van der Waals surface area contributed by atoms with E-state index in [1.165, 1.54) is 40.0 Å². The maximum absolute atomic E-state index is 4.77. The molecule has 0 unspecified atom stereocenters. The lowest BCUT2D eigenvalue weighted by Crippen LogP contribution is -1.88. The highest BCUT2D eigenvalue weighted by Crippen LogP contribution is 2.32. The van der Waals surface area contributed by atoms with Gasteiger partial charge < -0.3 is 0 Å². The van der Waals surface area contributed by atoms with Crippen molar-refractivity contribution >= 4 is 45.3 Å². The van der Waals surface area contributed by atoms with Crippen LogP contribution in [-0.2, 0) is 12.8 Å². The number of halogens is 1. The molecule has 2 nitrogen and oxygen atoms in total. The summed E-state index contributed by atoms with van der Waals surface area (Å²) in [5.41, 5.74) is 2.48. The van der Waals surface area contributed by atoms with Crippen molar-refractivity contribution in [2.24, 2.45) is 0 Å². The number of nitrogens with zero attached hydrogens (tertiary/aromatic N) is 2. The van der Waals surface area contributed by atoms with Gasteiger partial charge in [0, 0.05) is 5.38 Å². The van der Waals surface area contributed by atoms with Crippen LogP contribution in [0.5, 0.6) is 0 Å². The van der Waals surface area contributed by atoms with Gasteiger partial charge >= 0.3 is 0 Å². The van der Waals surface area contributed by atoms with Crippen molar-refractivity contribution in [3.63, 3.8) is 0 Å². The summed E-state index contributed by atoms with van der Waals surface area (Å²) < 4.78 is 1.33. The van der Waals surface area contributed by atoms with Crippen molar-refractivity contribution < 1.29 is 0 Å². The Morgan fingerprint density at radius 1 is 1.05 bits per heavy atom. The minimum Gasteiger partial charge on any atom is -0.239 e. The van der Waals surface area contributed by atoms with Crippen LogP contribution in [0.3, 0.4) is 0 Å². The highest BCUT2D eigenvalue weighted by Gasteiger charge is 2.13. The summed E-state index contributed by atoms with van der Waals surface area (Å²) in [6.45, 7) is 4.44. The number of hydrogen-bond acceptors (Lipinski definition) is 4. The molecule has 19 heavy (non-hydrogen) atoms. The Bertz CT molecular complexity index is 519. The van der Waals surface area contributed by atoms with Crippen LogP contribution in [0, 0.1) is 2.88 Å². The molecule has 0 radical (unpaired) electrons. The van der Waals surface area contributed by atoms with E-state index in [9.17, 15) is 0 Å². The molecule has 0 aliphatic rings. The molecule has 104 valence electrons. The Balaban J connectivity index is 2.10. The van der Waals surface area contributed by atoms with Gasteiger partial charge in [-0.2, -0.15) is 0 Å². The fourth-order valence-corrected chi connectivity index (χ4v) is 4.54. The van der Waals surface area contributed by atoms with E-state index < -0.39 is 0 Å². The average molecular weight is 406 g/mol. The molecule has 0 atom stereocenters. The van der Waals surface area contributed by atoms with Crippen LogP contribution >= 0.6 is 45.3 Å². The van der Waals surface area contributed by atoms with E-state index in [-0.39, 0.29) is 0 Å². The second-order valence-electron chi connectivity index (χ2n) is 4.59. The van der Waals surface area contributed by atoms with Crippen LogP contribution in [0.1, 0.15) is 50.9 Å². The third-order valence-electron chi connectivity index (χ3n) is 2.94. The molecule has 0 saturated carbocycles. The summed E-state index contributed by atoms with van der Waals surface area (Å²) in [5, 5.41) is 4.38. The van der Waals surface area contributed by atoms with Crippen molar-refractivity contribution in [1.29, 1.82) is 0 Å². The first kappa shape index (κ1) is 15.4. The normalized spacial score (nSPS) is 11.1. The van der Waals surface area contributed by atoms with E-state index >= 15 is 0 Å². The third-order valence-corrected chi connectivity index (χ3v) is 6.14. The second kappa shape index (κ2) is 7.69. The van der Waals surface area contributed by atoms with Crippen LogP contribution in [0.2, 0.25) is 0 Å². The minimum absolute atomic E-state index is 1.09. The van der Waals surface area contributed by atoms with E-state index in [0.717, 1.165) is 22.9 Å². The van der Waals surface area contributed by atoms with Crippen LogP contribution in [0.15, 0.2) is 5.38 Å². The van der Waals surface area contributed by atoms with Gasteiger partial charge in [0.1, 0.15) is 0 Å². The third kappa shape index (κ3) is 4.23. The molecule has 2 heterocycles. The Labute approximate surface area is 136 Å². The fourth-order valence-electron chi connectivity index (χ4n) is 1.80. The molecule has 0 aromatic carbocycles. The lowest BCUT2D eigenvalue weighted by molar-refractivity contribution is 0.778. The molecular formula is C14H19IN2S2. The van der Waals surface area contributed by atoms with Gasteiger partial charge in [0.2, 0.25) is 0 Å². The topological polar surface area (TPSA) is 25.8 Å². The first-order valence-corrected chi connectivity index (χ1v) is 9.62. The second-order valence-corrected chi connectivity index (χ2v) is 8.26. The van der Waals surface area contributed by atoms with Gasteiger partial charge in [-0.1, -0.05) is 26.7 Å². The molecular weight excluding hydrogens is 387 g/mol. The van der Waals surface area contributed by atoms with Crippen molar-refractivity contribution in [1.82, 2.24) is 9.97 Å². The van der Waals surface area contributed by atoms with E-state index in [1.807, 2.05) is 0 Å². The molecule has 2 aromatic heterocycles. The molecule has 2 rings (SSSR count). The van der Waals surface area contributed by atoms with Gasteiger partial charge in [0.05, 0.1) is 14.3 Å². The molecule has 0 fully saturated rings. The number of aryl methyl sites for hydroxylation is 2. The van der Waals surface area contributed by atoms with Gasteiger partial charge in [0.15, 0.2) is 10.0 Å². The number of hydrogen-bond donors (Lipinski definition) is 0. The van der Waals surface area contributed by atoms with Crippen molar-refractivity contribution in [2.45, 2.75) is 52.4 Å². The van der Waals surface area contributed by atoms with Gasteiger partial charge in [-0.3, -0.25) is 0 Å². The van der Waals surface area contributed by atoms with E-state index in [0.29, 0.717) is 0 Å². The molecule has 2 aromatic rings. The highest BCUT2D eigenvalue weighted by atomic mass is 127. The summed E-state index contributed by atoms with van der Waals surface area (Å²) in [5.74, 6) is 0. The summed E-state index contributed by atoms with van der Waals surface area (Å²) >= 11 is 5.92. The maximum atomic E-state index is 4.77. The summed E-state index contributed by atoms with van der Waals surface area (Å²) in [7, 11) is 0. The number of rotatable bonds is 7. The van der Waals surface area contributed by atoms with Gasteiger partial charge in [-0.05, 0) is 48.3 Å². The lowest BCUT2D eigenvalue weighted by atomic mass is 10.2. The summed E-state index contributed by atoms with van der Waals surface area (Å²) in [6.07, 6.45) is 7.08. The van der Waals surface area contributed by atoms with Crippen molar-refractivity contribution in [3.05, 3.63) is 19.7 Å². The zero-order valence-corrected chi connectivity index (χ0v) is 15.2. The summed E-state index contributed by atoms with van der Waals surface area (Å²) in [6, 6.07) is 0. The molecule has 0 aliphatic carbocycles. The molecule has 0 saturated heterocycles. The highest BCUT2D eigenvalue weighted by molar-refractivity contribution is 14.1. The Morgan fingerprint density at radius 3 is 2.53 bits per heavy atom. The zero-order chi connectivity index (χ0) is 13.7. The van der Waals surface area contributed by atoms with Crippen LogP contribution in [0.4, 0.5) is 0 Å². The van der Waals surface area contributed by atoms with Crippen molar-refractivity contribution in [3.8, 4) is 10.0 Å². The molecule has 0 amide bonds. The molecule has 0 aliphatic heterocycles. The molecule has 0 bridgehead atoms. The summed E-state index contributed by atoms with van der Waals surface area (Å²) in [4.78, 5) is 9.49. The lowest BCUT2D eigenvalue weighted by Gasteiger charge is -1.93. The fraction of sp³-hybridized carbons (Fsp3) is 0.571. The Morgan fingerprint density at radius 2 is 1.79 bits per heavy atom. The smallest absolute Gasteiger partial charge is 0.153 e. The molecule has 0 N–H and O–H groups in total. The van der Waals surface area contributed by atoms with Crippen molar-refractivity contribution in [2.75, 3.05) is 0 Å². The Kier molecular flexibility index (Phi) is 6.22. The van der Waals surface area contributed by atoms with Gasteiger partial charge in [-0.25, -0.2) is 9.97 Å². The minimum atomic E-state index is 1.09. The zero-order valence-electron chi connectivity index (χ0n) is 11.4. The molecule has 5 heteroatoms. The van der Waals surface area contributed by atoms with Gasteiger partial charge in [0.25, 0.3) is 0 Å². The van der Waals surface area contributed by atoms with Crippen LogP contribution < -0.4 is 0 Å². The standard InChI is InChI=1S/C14H19IN2S2/c1-3-5-7-10-9-18-13(16-10)14-17-11(8-6-4-2)12(15)19-14/h9H,3-8H2,1-2H3. The van der Waals surface area contributed by atoms with E-state index in [4.69, 9.17) is 9.97 Å². The Hall–Kier alpha value is -0.0100. The predicted molar refractivity (Wildman–Crippen MR) is 93.2 cm³/mol. The quantitative estimate of drug-likeness (QED) is 0.563. The monoisotopic (exact) mass is 406 g/mol. The number of unbranched alkanes of at least 4 members (excludes halogenated alkanes) is 2. The van der Waals surface area contributed by atoms with Gasteiger partial charge in [-0.15, -0.1) is 22.7 Å². The first-order chi connectivity index (χ1) is 9.24. The van der Waals surface area contributed by atoms with E-state index in [2.05, 4.69) is 41.8 Å². The predicted octanol–water partition coefficient (Wildman–Crippen LogP) is 5.56.